The van der Waals surface area contributed by atoms with Gasteiger partial charge >= 0.3 is 5.97 Å². The number of carboxylic acids is 1. The summed E-state index contributed by atoms with van der Waals surface area (Å²) in [6, 6.07) is -3.05. The van der Waals surface area contributed by atoms with Crippen molar-refractivity contribution in [3.8, 4) is 0 Å². The second kappa shape index (κ2) is 9.84. The van der Waals surface area contributed by atoms with Gasteiger partial charge in [0.2, 0.25) is 5.91 Å². The molecule has 8 N–H and O–H groups in total. The summed E-state index contributed by atoms with van der Waals surface area (Å²) in [6.07, 6.45) is 4.12. The largest absolute Gasteiger partial charge is 0.480 e. The smallest absolute Gasteiger partial charge is 0.326 e. The fourth-order valence-corrected chi connectivity index (χ4v) is 3.73. The Bertz CT molecular complexity index is 996. The molecule has 3 rings (SSSR count). The zero-order valence-corrected chi connectivity index (χ0v) is 17.4. The number of nitrogen functional groups attached to an aromatic ring is 1. The minimum Gasteiger partial charge on any atom is -0.480 e. The van der Waals surface area contributed by atoms with Crippen LogP contribution in [-0.4, -0.2) is 88.8 Å². The lowest BCUT2D eigenvalue weighted by molar-refractivity contribution is -0.176. The molecule has 0 bridgehead atoms. The number of amides is 2. The van der Waals surface area contributed by atoms with Crippen molar-refractivity contribution < 1.29 is 24.7 Å². The first kappa shape index (κ1) is 23.3. The van der Waals surface area contributed by atoms with Gasteiger partial charge in [0.1, 0.15) is 24.4 Å². The van der Waals surface area contributed by atoms with Gasteiger partial charge in [-0.2, -0.15) is 0 Å². The van der Waals surface area contributed by atoms with E-state index in [1.165, 1.54) is 17.2 Å². The molecule has 1 aliphatic heterocycles. The number of anilines is 1. The van der Waals surface area contributed by atoms with E-state index in [-0.39, 0.29) is 25.3 Å². The topological polar surface area (TPSA) is 220 Å². The van der Waals surface area contributed by atoms with Crippen LogP contribution >= 0.6 is 0 Å². The van der Waals surface area contributed by atoms with E-state index < -0.39 is 35.9 Å². The molecular formula is C18H27N9O5. The number of carboxylic acid groups (broad SMARTS) is 1. The number of aliphatic carboxylic acids is 1. The summed E-state index contributed by atoms with van der Waals surface area (Å²) in [6.45, 7) is 0.0628. The third-order valence-electron chi connectivity index (χ3n) is 5.48. The number of fused-ring (bicyclic) bond motifs is 1. The molecule has 14 heteroatoms. The third-order valence-corrected chi connectivity index (χ3v) is 5.48. The third kappa shape index (κ3) is 4.76. The molecule has 0 saturated carbocycles. The van der Waals surface area contributed by atoms with Crippen LogP contribution in [-0.2, 0) is 20.9 Å². The van der Waals surface area contributed by atoms with E-state index in [2.05, 4.69) is 15.0 Å². The van der Waals surface area contributed by atoms with Crippen LogP contribution in [0.25, 0.3) is 11.2 Å². The van der Waals surface area contributed by atoms with Crippen LogP contribution in [0.3, 0.4) is 0 Å². The first-order valence-electron chi connectivity index (χ1n) is 10.2. The molecule has 1 saturated heterocycles. The quantitative estimate of drug-likeness (QED) is 0.162. The number of hydrogen-bond donors (Lipinski definition) is 5. The highest BCUT2D eigenvalue weighted by molar-refractivity contribution is 5.87. The summed E-state index contributed by atoms with van der Waals surface area (Å²) in [5.74, 6) is -2.35. The number of carbonyl (C=O) groups is 3. The number of hydrogen-bond acceptors (Lipinski definition) is 10. The molecule has 0 unspecified atom stereocenters. The zero-order chi connectivity index (χ0) is 23.4. The highest BCUT2D eigenvalue weighted by Gasteiger charge is 2.43. The van der Waals surface area contributed by atoms with E-state index >= 15 is 0 Å². The molecular weight excluding hydrogens is 422 g/mol. The Hall–Kier alpha value is -3.36. The first-order valence-corrected chi connectivity index (χ1v) is 10.2. The van der Waals surface area contributed by atoms with Crippen molar-refractivity contribution in [3.05, 3.63) is 12.7 Å². The Balaban J connectivity index is 1.70. The Morgan fingerprint density at radius 3 is 2.69 bits per heavy atom. The number of rotatable bonds is 9. The number of nitrogens with zero attached hydrogens (tertiary/aromatic N) is 6. The van der Waals surface area contributed by atoms with Gasteiger partial charge in [0.05, 0.1) is 18.4 Å². The molecule has 14 nitrogen and oxygen atoms in total. The Labute approximate surface area is 182 Å². The standard InChI is InChI=1S/C18H27N9O5/c19-4-2-1-3-11(20)17(29)27(32)10-5-12(18(30)31)26(6-10)13(28)7-25-9-24-14-15(21)22-8-23-16(14)25/h8-12,32H,1-7,19-20H2,(H,30,31)(H2,21,22,23)/t10-,11+,12+/m1/s1. The van der Waals surface area contributed by atoms with E-state index in [0.29, 0.717) is 42.0 Å². The van der Waals surface area contributed by atoms with Crippen molar-refractivity contribution in [1.82, 2.24) is 29.5 Å². The molecule has 2 aromatic rings. The SMILES string of the molecule is NCCCC[C@H](N)C(=O)N(O)[C@@H]1C[C@@H](C(=O)O)N(C(=O)Cn2cnc3c(N)ncnc32)C1. The van der Waals surface area contributed by atoms with Crippen LogP contribution in [0.1, 0.15) is 25.7 Å². The van der Waals surface area contributed by atoms with E-state index in [1.807, 2.05) is 0 Å². The number of aromatic nitrogens is 4. The fraction of sp³-hybridized carbons (Fsp3) is 0.556. The lowest BCUT2D eigenvalue weighted by atomic mass is 10.1. The highest BCUT2D eigenvalue weighted by Crippen LogP contribution is 2.24. The van der Waals surface area contributed by atoms with Crippen molar-refractivity contribution >= 4 is 34.8 Å². The highest BCUT2D eigenvalue weighted by atomic mass is 16.5. The van der Waals surface area contributed by atoms with Crippen LogP contribution in [0.2, 0.25) is 0 Å². The molecule has 2 amide bonds. The van der Waals surface area contributed by atoms with Crippen LogP contribution in [0.15, 0.2) is 12.7 Å². The lowest BCUT2D eigenvalue weighted by Crippen LogP contribution is -2.48. The van der Waals surface area contributed by atoms with Crippen molar-refractivity contribution in [2.24, 2.45) is 11.5 Å². The Morgan fingerprint density at radius 2 is 2.00 bits per heavy atom. The molecule has 1 aliphatic rings. The predicted octanol–water partition coefficient (Wildman–Crippen LogP) is -1.86. The molecule has 3 atom stereocenters. The average molecular weight is 449 g/mol. The van der Waals surface area contributed by atoms with Gasteiger partial charge in [-0.3, -0.25) is 14.8 Å². The van der Waals surface area contributed by atoms with E-state index in [1.54, 1.807) is 0 Å². The van der Waals surface area contributed by atoms with Crippen molar-refractivity contribution in [3.63, 3.8) is 0 Å². The predicted molar refractivity (Wildman–Crippen MR) is 111 cm³/mol. The molecule has 174 valence electrons. The van der Waals surface area contributed by atoms with Gasteiger partial charge in [0, 0.05) is 13.0 Å². The van der Waals surface area contributed by atoms with Gasteiger partial charge in [-0.25, -0.2) is 24.8 Å². The maximum Gasteiger partial charge on any atom is 0.326 e. The van der Waals surface area contributed by atoms with Crippen LogP contribution < -0.4 is 17.2 Å². The zero-order valence-electron chi connectivity index (χ0n) is 17.4. The average Bonchev–Trinajstić information content (AvgIpc) is 3.39. The first-order chi connectivity index (χ1) is 15.2. The lowest BCUT2D eigenvalue weighted by Gasteiger charge is -2.25. The molecule has 32 heavy (non-hydrogen) atoms. The summed E-state index contributed by atoms with van der Waals surface area (Å²) >= 11 is 0. The van der Waals surface area contributed by atoms with Gasteiger partial charge in [0.15, 0.2) is 11.5 Å². The van der Waals surface area contributed by atoms with Gasteiger partial charge < -0.3 is 31.8 Å². The van der Waals surface area contributed by atoms with Crippen molar-refractivity contribution in [2.45, 2.75) is 50.4 Å². The van der Waals surface area contributed by atoms with Gasteiger partial charge in [-0.1, -0.05) is 6.42 Å². The number of likely N-dealkylation sites (tertiary alicyclic amines) is 1. The van der Waals surface area contributed by atoms with Crippen LogP contribution in [0.4, 0.5) is 5.82 Å². The second-order valence-electron chi connectivity index (χ2n) is 7.67. The summed E-state index contributed by atoms with van der Waals surface area (Å²) in [5.41, 5.74) is 17.7. The number of nitrogens with two attached hydrogens (primary N) is 3. The summed E-state index contributed by atoms with van der Waals surface area (Å²) in [5, 5.41) is 20.4. The van der Waals surface area contributed by atoms with Crippen LogP contribution in [0.5, 0.6) is 0 Å². The summed E-state index contributed by atoms with van der Waals surface area (Å²) in [7, 11) is 0. The van der Waals surface area contributed by atoms with Crippen molar-refractivity contribution in [1.29, 1.82) is 0 Å². The molecule has 0 aliphatic carbocycles. The number of unbranched alkanes of at least 4 members (excludes halogenated alkanes) is 1. The van der Waals surface area contributed by atoms with Crippen LogP contribution in [0, 0.1) is 0 Å². The monoisotopic (exact) mass is 449 g/mol. The molecule has 3 heterocycles. The number of hydroxylamine groups is 2. The summed E-state index contributed by atoms with van der Waals surface area (Å²) in [4.78, 5) is 50.2. The molecule has 0 radical (unpaired) electrons. The maximum absolute atomic E-state index is 12.9. The molecule has 0 spiro atoms. The van der Waals surface area contributed by atoms with E-state index in [9.17, 15) is 24.7 Å². The molecule has 0 aromatic carbocycles. The van der Waals surface area contributed by atoms with E-state index in [0.717, 1.165) is 4.90 Å². The van der Waals surface area contributed by atoms with Gasteiger partial charge in [-0.15, -0.1) is 0 Å². The minimum absolute atomic E-state index is 0.126. The fourth-order valence-electron chi connectivity index (χ4n) is 3.73. The summed E-state index contributed by atoms with van der Waals surface area (Å²) < 4.78 is 1.43. The van der Waals surface area contributed by atoms with Crippen molar-refractivity contribution in [2.75, 3.05) is 18.8 Å². The molecule has 2 aromatic heterocycles. The number of imidazole rings is 1. The normalized spacial score (nSPS) is 19.3. The van der Waals surface area contributed by atoms with Gasteiger partial charge in [-0.05, 0) is 19.4 Å². The van der Waals surface area contributed by atoms with Gasteiger partial charge in [0.25, 0.3) is 5.91 Å². The number of carbonyl (C=O) groups excluding carboxylic acids is 2. The minimum atomic E-state index is -1.24. The maximum atomic E-state index is 12.9. The molecule has 1 fully saturated rings. The Kier molecular flexibility index (Phi) is 7.17. The second-order valence-corrected chi connectivity index (χ2v) is 7.67. The Morgan fingerprint density at radius 1 is 1.25 bits per heavy atom. The van der Waals surface area contributed by atoms with E-state index in [4.69, 9.17) is 17.2 Å².